The Kier molecular flexibility index (Phi) is 4.97. The Morgan fingerprint density at radius 2 is 2.39 bits per heavy atom. The molecule has 1 saturated heterocycles. The number of aromatic nitrogens is 1. The highest BCUT2D eigenvalue weighted by atomic mass is 16.5. The highest BCUT2D eigenvalue weighted by molar-refractivity contribution is 5.92. The average molecular weight is 318 g/mol. The van der Waals surface area contributed by atoms with Gasteiger partial charge in [0.1, 0.15) is 5.69 Å². The molecule has 1 aromatic heterocycles. The van der Waals surface area contributed by atoms with E-state index in [9.17, 15) is 4.79 Å². The number of amides is 1. The van der Waals surface area contributed by atoms with Crippen LogP contribution in [-0.2, 0) is 9.47 Å². The van der Waals surface area contributed by atoms with Gasteiger partial charge in [0.05, 0.1) is 25.4 Å². The predicted molar refractivity (Wildman–Crippen MR) is 87.4 cm³/mol. The van der Waals surface area contributed by atoms with Crippen LogP contribution in [0.3, 0.4) is 0 Å². The van der Waals surface area contributed by atoms with Gasteiger partial charge in [-0.25, -0.2) is 4.98 Å². The zero-order valence-electron chi connectivity index (χ0n) is 14.1. The smallest absolute Gasteiger partial charge is 0.272 e. The van der Waals surface area contributed by atoms with E-state index in [1.807, 2.05) is 30.9 Å². The van der Waals surface area contributed by atoms with Gasteiger partial charge in [0.25, 0.3) is 5.91 Å². The van der Waals surface area contributed by atoms with Gasteiger partial charge in [-0.2, -0.15) is 0 Å². The number of ether oxygens (including phenoxy) is 2. The molecule has 0 unspecified atom stereocenters. The van der Waals surface area contributed by atoms with Crippen molar-refractivity contribution >= 4 is 5.91 Å². The minimum absolute atomic E-state index is 0.0124. The fourth-order valence-corrected chi connectivity index (χ4v) is 3.81. The minimum Gasteiger partial charge on any atom is -0.381 e. The third kappa shape index (κ3) is 3.40. The van der Waals surface area contributed by atoms with Gasteiger partial charge in [-0.1, -0.05) is 12.5 Å². The lowest BCUT2D eigenvalue weighted by atomic mass is 9.89. The molecular formula is C18H26N2O3. The molecular weight excluding hydrogens is 292 g/mol. The lowest BCUT2D eigenvalue weighted by molar-refractivity contribution is -0.132. The van der Waals surface area contributed by atoms with E-state index >= 15 is 0 Å². The van der Waals surface area contributed by atoms with Crippen LogP contribution in [0.1, 0.15) is 42.4 Å². The van der Waals surface area contributed by atoms with Crippen LogP contribution >= 0.6 is 0 Å². The van der Waals surface area contributed by atoms with E-state index < -0.39 is 0 Å². The summed E-state index contributed by atoms with van der Waals surface area (Å²) < 4.78 is 11.8. The quantitative estimate of drug-likeness (QED) is 0.855. The number of rotatable bonds is 4. The van der Waals surface area contributed by atoms with E-state index in [2.05, 4.69) is 4.98 Å². The number of hydrogen-bond acceptors (Lipinski definition) is 4. The minimum atomic E-state index is -0.229. The summed E-state index contributed by atoms with van der Waals surface area (Å²) in [5, 5.41) is 0. The first-order valence-corrected chi connectivity index (χ1v) is 8.59. The van der Waals surface area contributed by atoms with Crippen molar-refractivity contribution < 1.29 is 14.3 Å². The second-order valence-electron chi connectivity index (χ2n) is 6.55. The van der Waals surface area contributed by atoms with Crippen molar-refractivity contribution in [1.82, 2.24) is 9.88 Å². The molecule has 1 aliphatic heterocycles. The zero-order valence-corrected chi connectivity index (χ0v) is 14.1. The lowest BCUT2D eigenvalue weighted by Gasteiger charge is -2.44. The maximum atomic E-state index is 12.8. The highest BCUT2D eigenvalue weighted by Gasteiger charge is 2.48. The third-order valence-electron chi connectivity index (χ3n) is 5.02. The first-order valence-electron chi connectivity index (χ1n) is 8.59. The molecule has 23 heavy (non-hydrogen) atoms. The average Bonchev–Trinajstić information content (AvgIpc) is 2.94. The molecule has 1 aliphatic carbocycles. The van der Waals surface area contributed by atoms with Crippen LogP contribution in [-0.4, -0.2) is 54.3 Å². The standard InChI is InChI=1S/C18H26N2O3/c1-3-22-12-15-7-5-9-18(15)13-20(10-11-23-18)17(21)16-8-4-6-14(2)19-16/h4,6,8,15H,3,5,7,9-13H2,1-2H3/t15-,18+/m1/s1. The monoisotopic (exact) mass is 318 g/mol. The Labute approximate surface area is 138 Å². The first kappa shape index (κ1) is 16.4. The number of morpholine rings is 1. The molecule has 0 aromatic carbocycles. The van der Waals surface area contributed by atoms with E-state index in [1.54, 1.807) is 6.07 Å². The molecule has 0 N–H and O–H groups in total. The van der Waals surface area contributed by atoms with Gasteiger partial charge in [-0.05, 0) is 38.8 Å². The van der Waals surface area contributed by atoms with Crippen molar-refractivity contribution in [3.8, 4) is 0 Å². The van der Waals surface area contributed by atoms with Crippen molar-refractivity contribution in [1.29, 1.82) is 0 Å². The fourth-order valence-electron chi connectivity index (χ4n) is 3.81. The zero-order chi connectivity index (χ0) is 16.3. The second kappa shape index (κ2) is 6.97. The largest absolute Gasteiger partial charge is 0.381 e. The van der Waals surface area contributed by atoms with Crippen molar-refractivity contribution in [2.24, 2.45) is 5.92 Å². The Hall–Kier alpha value is -1.46. The summed E-state index contributed by atoms with van der Waals surface area (Å²) in [6.45, 7) is 7.26. The molecule has 2 aliphatic rings. The Morgan fingerprint density at radius 1 is 1.52 bits per heavy atom. The first-order chi connectivity index (χ1) is 11.1. The number of carbonyl (C=O) groups excluding carboxylic acids is 1. The molecule has 5 nitrogen and oxygen atoms in total. The summed E-state index contributed by atoms with van der Waals surface area (Å²) in [5.74, 6) is 0.391. The molecule has 0 bridgehead atoms. The maximum Gasteiger partial charge on any atom is 0.272 e. The number of carbonyl (C=O) groups is 1. The van der Waals surface area contributed by atoms with Gasteiger partial charge in [0.15, 0.2) is 0 Å². The van der Waals surface area contributed by atoms with Crippen LogP contribution in [0, 0.1) is 12.8 Å². The number of hydrogen-bond donors (Lipinski definition) is 0. The lowest BCUT2D eigenvalue weighted by Crippen LogP contribution is -2.56. The van der Waals surface area contributed by atoms with Gasteiger partial charge in [-0.15, -0.1) is 0 Å². The maximum absolute atomic E-state index is 12.8. The molecule has 2 atom stereocenters. The second-order valence-corrected chi connectivity index (χ2v) is 6.55. The molecule has 1 aromatic rings. The molecule has 126 valence electrons. The van der Waals surface area contributed by atoms with E-state index in [0.717, 1.165) is 38.2 Å². The van der Waals surface area contributed by atoms with E-state index in [-0.39, 0.29) is 11.5 Å². The molecule has 1 saturated carbocycles. The van der Waals surface area contributed by atoms with Crippen LogP contribution in [0.5, 0.6) is 0 Å². The van der Waals surface area contributed by atoms with Crippen molar-refractivity contribution in [3.63, 3.8) is 0 Å². The molecule has 0 radical (unpaired) electrons. The van der Waals surface area contributed by atoms with E-state index in [1.165, 1.54) is 0 Å². The predicted octanol–water partition coefficient (Wildman–Crippen LogP) is 2.44. The summed E-state index contributed by atoms with van der Waals surface area (Å²) in [7, 11) is 0. The Bertz CT molecular complexity index is 563. The van der Waals surface area contributed by atoms with Crippen LogP contribution in [0.4, 0.5) is 0 Å². The molecule has 1 spiro atoms. The normalized spacial score (nSPS) is 27.6. The molecule has 3 rings (SSSR count). The Balaban J connectivity index is 1.73. The third-order valence-corrected chi connectivity index (χ3v) is 5.02. The van der Waals surface area contributed by atoms with Crippen molar-refractivity contribution in [2.75, 3.05) is 32.9 Å². The Morgan fingerprint density at radius 3 is 3.17 bits per heavy atom. The molecule has 2 heterocycles. The number of aryl methyl sites for hydroxylation is 1. The molecule has 1 amide bonds. The molecule has 5 heteroatoms. The SMILES string of the molecule is CCOC[C@H]1CCC[C@]12CN(C(=O)c1cccc(C)n1)CCO2. The summed E-state index contributed by atoms with van der Waals surface area (Å²) in [6.07, 6.45) is 3.27. The van der Waals surface area contributed by atoms with Crippen LogP contribution < -0.4 is 0 Å². The summed E-state index contributed by atoms with van der Waals surface area (Å²) in [4.78, 5) is 19.1. The van der Waals surface area contributed by atoms with Crippen molar-refractivity contribution in [2.45, 2.75) is 38.7 Å². The van der Waals surface area contributed by atoms with Gasteiger partial charge in [0.2, 0.25) is 0 Å². The highest BCUT2D eigenvalue weighted by Crippen LogP contribution is 2.41. The van der Waals surface area contributed by atoms with Gasteiger partial charge < -0.3 is 14.4 Å². The topological polar surface area (TPSA) is 51.7 Å². The summed E-state index contributed by atoms with van der Waals surface area (Å²) >= 11 is 0. The van der Waals surface area contributed by atoms with Crippen LogP contribution in [0.2, 0.25) is 0 Å². The van der Waals surface area contributed by atoms with Crippen molar-refractivity contribution in [3.05, 3.63) is 29.6 Å². The summed E-state index contributed by atoms with van der Waals surface area (Å²) in [5.41, 5.74) is 1.17. The van der Waals surface area contributed by atoms with Gasteiger partial charge >= 0.3 is 0 Å². The van der Waals surface area contributed by atoms with E-state index in [0.29, 0.717) is 31.3 Å². The van der Waals surface area contributed by atoms with E-state index in [4.69, 9.17) is 9.47 Å². The fraction of sp³-hybridized carbons (Fsp3) is 0.667. The van der Waals surface area contributed by atoms with Crippen LogP contribution in [0.15, 0.2) is 18.2 Å². The van der Waals surface area contributed by atoms with Crippen LogP contribution in [0.25, 0.3) is 0 Å². The number of pyridine rings is 1. The van der Waals surface area contributed by atoms with Gasteiger partial charge in [0, 0.05) is 24.8 Å². The summed E-state index contributed by atoms with van der Waals surface area (Å²) in [6, 6.07) is 5.59. The van der Waals surface area contributed by atoms with Gasteiger partial charge in [-0.3, -0.25) is 4.79 Å². The molecule has 2 fully saturated rings. The number of nitrogens with zero attached hydrogens (tertiary/aromatic N) is 2.